The van der Waals surface area contributed by atoms with Gasteiger partial charge in [0.15, 0.2) is 23.2 Å². The highest BCUT2D eigenvalue weighted by atomic mass is 16.3. The maximum atomic E-state index is 9.95. The summed E-state index contributed by atoms with van der Waals surface area (Å²) in [6, 6.07) is 75.8. The fourth-order valence-corrected chi connectivity index (χ4v) is 12.6. The van der Waals surface area contributed by atoms with Crippen molar-refractivity contribution in [3.8, 4) is 78.9 Å². The molecule has 0 saturated carbocycles. The van der Waals surface area contributed by atoms with Crippen LogP contribution < -0.4 is 0 Å². The smallest absolute Gasteiger partial charge is 0.197 e. The molecule has 0 atom stereocenters. The van der Waals surface area contributed by atoms with E-state index in [1.807, 2.05) is 140 Å². The number of rotatable bonds is 8. The number of fused-ring (bicyclic) bond motifs is 14. The molecular weight excluding hydrogens is 1030 g/mol. The topological polar surface area (TPSA) is 79.2 Å². The van der Waals surface area contributed by atoms with Crippen molar-refractivity contribution in [2.24, 2.45) is 0 Å². The molecule has 0 bridgehead atoms. The standard InChI is InChI=1S/C76H44N6O2/c1-77-60-45-59(76-79-74(49-27-13-5-14-28-49)78-75(80-76)50-29-15-6-16-30-50)70(81-61-39-35-51(46-21-7-2-8-22-46)43-57(61)68-63(81)41-37-55-53-31-17-19-33-65(53)83-72(55)68)71(67(60)48-25-11-4-12-26-48)82-62-40-36-52(47-23-9-3-10-24-47)44-58(62)69-64(82)42-38-56-54-32-18-20-34-66(54)84-73(56)69/h2-45H/i4D,11D,12D,25D,26D. The van der Waals surface area contributed by atoms with Gasteiger partial charge in [0.2, 0.25) is 0 Å². The first-order valence-electron chi connectivity index (χ1n) is 30.1. The van der Waals surface area contributed by atoms with Crippen LogP contribution in [-0.4, -0.2) is 24.1 Å². The predicted octanol–water partition coefficient (Wildman–Crippen LogP) is 20.4. The molecule has 12 aromatic carbocycles. The summed E-state index contributed by atoms with van der Waals surface area (Å²) in [6.45, 7) is 9.41. The number of benzene rings is 12. The second-order valence-electron chi connectivity index (χ2n) is 20.9. The van der Waals surface area contributed by atoms with E-state index in [0.717, 1.165) is 82.0 Å². The van der Waals surface area contributed by atoms with Crippen molar-refractivity contribution in [2.45, 2.75) is 0 Å². The number of para-hydroxylation sites is 2. The molecule has 0 radical (unpaired) electrons. The second kappa shape index (κ2) is 18.7. The molecular formula is C76H44N6O2. The number of hydrogen-bond acceptors (Lipinski definition) is 5. The monoisotopic (exact) mass is 1080 g/mol. The highest BCUT2D eigenvalue weighted by molar-refractivity contribution is 6.27. The molecule has 0 fully saturated rings. The van der Waals surface area contributed by atoms with Crippen molar-refractivity contribution in [3.63, 3.8) is 0 Å². The largest absolute Gasteiger partial charge is 0.455 e. The van der Waals surface area contributed by atoms with Gasteiger partial charge in [0.05, 0.1) is 57.6 Å². The van der Waals surface area contributed by atoms with Crippen LogP contribution in [0.1, 0.15) is 6.85 Å². The summed E-state index contributed by atoms with van der Waals surface area (Å²) < 4.78 is 65.8. The highest BCUT2D eigenvalue weighted by Gasteiger charge is 2.32. The molecule has 5 aromatic heterocycles. The van der Waals surface area contributed by atoms with Gasteiger partial charge >= 0.3 is 0 Å². The number of nitrogens with zero attached hydrogens (tertiary/aromatic N) is 6. The van der Waals surface area contributed by atoms with E-state index in [9.17, 15) is 12.1 Å². The van der Waals surface area contributed by atoms with E-state index >= 15 is 0 Å². The molecule has 8 nitrogen and oxygen atoms in total. The molecule has 17 aromatic rings. The van der Waals surface area contributed by atoms with Gasteiger partial charge in [-0.15, -0.1) is 0 Å². The Hall–Kier alpha value is -11.7. The third-order valence-electron chi connectivity index (χ3n) is 16.3. The second-order valence-corrected chi connectivity index (χ2v) is 20.9. The van der Waals surface area contributed by atoms with Crippen molar-refractivity contribution in [2.75, 3.05) is 0 Å². The molecule has 0 saturated heterocycles. The first-order valence-corrected chi connectivity index (χ1v) is 27.6. The van der Waals surface area contributed by atoms with E-state index in [1.165, 1.54) is 0 Å². The summed E-state index contributed by atoms with van der Waals surface area (Å²) in [6.07, 6.45) is 0. The summed E-state index contributed by atoms with van der Waals surface area (Å²) in [4.78, 5) is 20.4. The minimum Gasteiger partial charge on any atom is -0.455 e. The molecule has 0 unspecified atom stereocenters. The van der Waals surface area contributed by atoms with Crippen molar-refractivity contribution >= 4 is 93.2 Å². The summed E-state index contributed by atoms with van der Waals surface area (Å²) in [7, 11) is 0. The number of hydrogen-bond donors (Lipinski definition) is 0. The van der Waals surface area contributed by atoms with Gasteiger partial charge in [0.25, 0.3) is 0 Å². The molecule has 0 aliphatic rings. The van der Waals surface area contributed by atoms with Gasteiger partial charge in [0.1, 0.15) is 22.3 Å². The Labute approximate surface area is 487 Å². The summed E-state index contributed by atoms with van der Waals surface area (Å²) in [5, 5.41) is 6.86. The van der Waals surface area contributed by atoms with Crippen LogP contribution in [-0.2, 0) is 0 Å². The summed E-state index contributed by atoms with van der Waals surface area (Å²) >= 11 is 0. The van der Waals surface area contributed by atoms with E-state index < -0.39 is 30.2 Å². The Balaban J connectivity index is 1.15. The van der Waals surface area contributed by atoms with E-state index in [-0.39, 0.29) is 22.6 Å². The van der Waals surface area contributed by atoms with Gasteiger partial charge in [-0.2, -0.15) is 0 Å². The average molecular weight is 1080 g/mol. The Morgan fingerprint density at radius 1 is 0.357 bits per heavy atom. The Morgan fingerprint density at radius 2 is 0.786 bits per heavy atom. The third kappa shape index (κ3) is 7.23. The first-order chi connectivity index (χ1) is 43.7. The van der Waals surface area contributed by atoms with Crippen LogP contribution in [0.2, 0.25) is 0 Å². The molecule has 0 spiro atoms. The lowest BCUT2D eigenvalue weighted by Gasteiger charge is -2.25. The molecule has 84 heavy (non-hydrogen) atoms. The molecule has 17 rings (SSSR count). The van der Waals surface area contributed by atoms with Crippen LogP contribution >= 0.6 is 0 Å². The lowest BCUT2D eigenvalue weighted by atomic mass is 9.95. The lowest BCUT2D eigenvalue weighted by molar-refractivity contribution is 0.672. The zero-order chi connectivity index (χ0) is 59.8. The van der Waals surface area contributed by atoms with Crippen LogP contribution in [0.25, 0.3) is 171 Å². The summed E-state index contributed by atoms with van der Waals surface area (Å²) in [5.41, 5.74) is 11.8. The van der Waals surface area contributed by atoms with E-state index in [2.05, 4.69) is 105 Å². The number of aromatic nitrogens is 5. The maximum Gasteiger partial charge on any atom is 0.197 e. The zero-order valence-corrected chi connectivity index (χ0v) is 44.5. The normalized spacial score (nSPS) is 12.6. The third-order valence-corrected chi connectivity index (χ3v) is 16.3. The Kier molecular flexibility index (Phi) is 9.41. The Bertz CT molecular complexity index is 5790. The van der Waals surface area contributed by atoms with Crippen LogP contribution in [0.3, 0.4) is 0 Å². The molecule has 0 aliphatic heterocycles. The van der Waals surface area contributed by atoms with Gasteiger partial charge < -0.3 is 18.0 Å². The van der Waals surface area contributed by atoms with E-state index in [1.54, 1.807) is 6.07 Å². The van der Waals surface area contributed by atoms with E-state index in [4.69, 9.17) is 25.2 Å². The minimum absolute atomic E-state index is 0.0206. The van der Waals surface area contributed by atoms with Gasteiger partial charge in [-0.3, -0.25) is 0 Å². The van der Waals surface area contributed by atoms with E-state index in [0.29, 0.717) is 67.5 Å². The highest BCUT2D eigenvalue weighted by Crippen LogP contribution is 2.52. The Morgan fingerprint density at radius 3 is 1.27 bits per heavy atom. The van der Waals surface area contributed by atoms with Gasteiger partial charge in [0, 0.05) is 54.6 Å². The minimum atomic E-state index is -0.567. The molecule has 8 heteroatoms. The average Bonchev–Trinajstić information content (AvgIpc) is 1.66. The molecule has 5 heterocycles. The van der Waals surface area contributed by atoms with Crippen LogP contribution in [0.4, 0.5) is 5.69 Å². The van der Waals surface area contributed by atoms with Gasteiger partial charge in [-0.1, -0.05) is 200 Å². The lowest BCUT2D eigenvalue weighted by Crippen LogP contribution is -2.10. The van der Waals surface area contributed by atoms with Crippen molar-refractivity contribution in [1.29, 1.82) is 0 Å². The van der Waals surface area contributed by atoms with Crippen molar-refractivity contribution in [1.82, 2.24) is 24.1 Å². The molecule has 0 amide bonds. The molecule has 0 aliphatic carbocycles. The van der Waals surface area contributed by atoms with Crippen molar-refractivity contribution < 1.29 is 15.7 Å². The fourth-order valence-electron chi connectivity index (χ4n) is 12.6. The zero-order valence-electron chi connectivity index (χ0n) is 49.5. The number of furan rings is 2. The SMILES string of the molecule is [2H]c1c([2H])c([2H])c(-c2c([N+]#[C-])cc(-c3nc(-c4ccccc4)nc(-c4ccccc4)n3)c(-n3c4ccc(-c5ccccc5)cc4c4c5oc6ccccc6c5ccc43)c2-n2c3ccc(-c4ccccc4)cc3c3c4oc5ccccc5c4ccc32)c([2H])c1[2H]. The maximum absolute atomic E-state index is 9.95. The molecule has 390 valence electrons. The van der Waals surface area contributed by atoms with Gasteiger partial charge in [-0.05, 0) is 94.5 Å². The first kappa shape index (κ1) is 42.3. The molecule has 0 N–H and O–H groups in total. The summed E-state index contributed by atoms with van der Waals surface area (Å²) in [5.74, 6) is 0.952. The van der Waals surface area contributed by atoms with Crippen LogP contribution in [0, 0.1) is 6.57 Å². The van der Waals surface area contributed by atoms with Crippen molar-refractivity contribution in [3.05, 3.63) is 278 Å². The van der Waals surface area contributed by atoms with Crippen LogP contribution in [0.15, 0.2) is 276 Å². The van der Waals surface area contributed by atoms with Gasteiger partial charge in [-0.25, -0.2) is 19.8 Å². The quantitative estimate of drug-likeness (QED) is 0.142. The fraction of sp³-hybridized carbons (Fsp3) is 0. The van der Waals surface area contributed by atoms with Crippen LogP contribution in [0.5, 0.6) is 0 Å². The predicted molar refractivity (Wildman–Crippen MR) is 342 cm³/mol.